The van der Waals surface area contributed by atoms with Gasteiger partial charge in [0.05, 0.1) is 19.3 Å². The van der Waals surface area contributed by atoms with Gasteiger partial charge in [0, 0.05) is 26.8 Å². The highest BCUT2D eigenvalue weighted by Crippen LogP contribution is 2.18. The van der Waals surface area contributed by atoms with Crippen LogP contribution in [0.15, 0.2) is 18.2 Å². The number of benzene rings is 1. The minimum atomic E-state index is -0.0646. The van der Waals surface area contributed by atoms with Gasteiger partial charge in [0.15, 0.2) is 0 Å². The van der Waals surface area contributed by atoms with Gasteiger partial charge in [-0.25, -0.2) is 4.79 Å². The molecule has 1 heterocycles. The van der Waals surface area contributed by atoms with Crippen molar-refractivity contribution in [1.82, 2.24) is 10.2 Å². The van der Waals surface area contributed by atoms with Gasteiger partial charge < -0.3 is 24.4 Å². The number of ether oxygens (including phenoxy) is 3. The lowest BCUT2D eigenvalue weighted by Gasteiger charge is -2.32. The maximum atomic E-state index is 12.2. The molecule has 0 bridgehead atoms. The van der Waals surface area contributed by atoms with Gasteiger partial charge in [-0.15, -0.1) is 0 Å². The molecule has 6 heteroatoms. The molecule has 6 nitrogen and oxygen atoms in total. The molecule has 1 fully saturated rings. The Bertz CT molecular complexity index is 536. The fourth-order valence-electron chi connectivity index (χ4n) is 2.62. The average molecular weight is 336 g/mol. The van der Waals surface area contributed by atoms with Crippen molar-refractivity contribution in [3.8, 4) is 5.75 Å². The van der Waals surface area contributed by atoms with Crippen LogP contribution in [0.1, 0.15) is 17.5 Å². The van der Waals surface area contributed by atoms with Gasteiger partial charge in [-0.1, -0.05) is 12.1 Å². The standard InChI is InChI=1S/C18H28N2O4/c1-14-4-5-15(2)17(12-14)24-10-7-19-18(21)20-8-11-23-16(13-20)6-9-22-3/h4-5,12,16H,6-11,13H2,1-3H3,(H,19,21). The summed E-state index contributed by atoms with van der Waals surface area (Å²) < 4.78 is 16.5. The van der Waals surface area contributed by atoms with Crippen LogP contribution in [0.3, 0.4) is 0 Å². The molecule has 0 spiro atoms. The molecule has 134 valence electrons. The van der Waals surface area contributed by atoms with Crippen molar-refractivity contribution in [3.63, 3.8) is 0 Å². The molecule has 2 amide bonds. The zero-order chi connectivity index (χ0) is 17.4. The first kappa shape index (κ1) is 18.5. The molecule has 0 aliphatic carbocycles. The second kappa shape index (κ2) is 9.49. The number of aryl methyl sites for hydroxylation is 2. The number of nitrogens with zero attached hydrogens (tertiary/aromatic N) is 1. The smallest absolute Gasteiger partial charge is 0.317 e. The number of carbonyl (C=O) groups excluding carboxylic acids is 1. The van der Waals surface area contributed by atoms with Gasteiger partial charge >= 0.3 is 6.03 Å². The van der Waals surface area contributed by atoms with E-state index in [0.717, 1.165) is 23.3 Å². The second-order valence-corrected chi connectivity index (χ2v) is 6.07. The first-order chi connectivity index (χ1) is 11.6. The van der Waals surface area contributed by atoms with Crippen molar-refractivity contribution in [1.29, 1.82) is 0 Å². The number of nitrogens with one attached hydrogen (secondary N) is 1. The summed E-state index contributed by atoms with van der Waals surface area (Å²) in [7, 11) is 1.67. The highest BCUT2D eigenvalue weighted by Gasteiger charge is 2.23. The fraction of sp³-hybridized carbons (Fsp3) is 0.611. The van der Waals surface area contributed by atoms with Gasteiger partial charge in [-0.05, 0) is 37.5 Å². The van der Waals surface area contributed by atoms with Crippen molar-refractivity contribution < 1.29 is 19.0 Å². The predicted octanol–water partition coefficient (Wildman–Crippen LogP) is 2.13. The van der Waals surface area contributed by atoms with Crippen LogP contribution in [0.4, 0.5) is 4.79 Å². The highest BCUT2D eigenvalue weighted by molar-refractivity contribution is 5.74. The summed E-state index contributed by atoms with van der Waals surface area (Å²) in [4.78, 5) is 14.0. The molecule has 24 heavy (non-hydrogen) atoms. The quantitative estimate of drug-likeness (QED) is 0.775. The van der Waals surface area contributed by atoms with Gasteiger partial charge in [0.25, 0.3) is 0 Å². The molecule has 1 saturated heterocycles. The van der Waals surface area contributed by atoms with Gasteiger partial charge in [-0.2, -0.15) is 0 Å². The lowest BCUT2D eigenvalue weighted by atomic mass is 10.1. The summed E-state index contributed by atoms with van der Waals surface area (Å²) in [5.74, 6) is 0.871. The molecule has 1 aliphatic rings. The lowest BCUT2D eigenvalue weighted by Crippen LogP contribution is -2.50. The van der Waals surface area contributed by atoms with E-state index in [0.29, 0.717) is 39.5 Å². The lowest BCUT2D eigenvalue weighted by molar-refractivity contribution is -0.0276. The highest BCUT2D eigenvalue weighted by atomic mass is 16.5. The Kier molecular flexibility index (Phi) is 7.34. The minimum Gasteiger partial charge on any atom is -0.491 e. The summed E-state index contributed by atoms with van der Waals surface area (Å²) in [5, 5.41) is 2.91. The van der Waals surface area contributed by atoms with Crippen molar-refractivity contribution >= 4 is 6.03 Å². The number of rotatable bonds is 7. The molecule has 0 aromatic heterocycles. The van der Waals surface area contributed by atoms with Crippen LogP contribution in [0, 0.1) is 13.8 Å². The number of hydrogen-bond donors (Lipinski definition) is 1. The van der Waals surface area contributed by atoms with Crippen LogP contribution in [-0.2, 0) is 9.47 Å². The van der Waals surface area contributed by atoms with E-state index >= 15 is 0 Å². The van der Waals surface area contributed by atoms with Crippen molar-refractivity contribution in [2.45, 2.75) is 26.4 Å². The van der Waals surface area contributed by atoms with E-state index in [9.17, 15) is 4.79 Å². The van der Waals surface area contributed by atoms with Crippen molar-refractivity contribution in [3.05, 3.63) is 29.3 Å². The predicted molar refractivity (Wildman–Crippen MR) is 92.6 cm³/mol. The Balaban J connectivity index is 1.70. The molecule has 2 rings (SSSR count). The third kappa shape index (κ3) is 5.69. The summed E-state index contributed by atoms with van der Waals surface area (Å²) in [5.41, 5.74) is 2.26. The number of morpholine rings is 1. The molecule has 0 radical (unpaired) electrons. The molecule has 1 aromatic rings. The van der Waals surface area contributed by atoms with E-state index in [1.54, 1.807) is 12.0 Å². The van der Waals surface area contributed by atoms with Gasteiger partial charge in [0.2, 0.25) is 0 Å². The molecule has 1 aliphatic heterocycles. The van der Waals surface area contributed by atoms with E-state index in [1.807, 2.05) is 26.0 Å². The summed E-state index contributed by atoms with van der Waals surface area (Å²) in [6, 6.07) is 6.05. The maximum Gasteiger partial charge on any atom is 0.317 e. The Morgan fingerprint density at radius 3 is 3.00 bits per heavy atom. The topological polar surface area (TPSA) is 60.0 Å². The Labute approximate surface area is 144 Å². The molecule has 1 unspecified atom stereocenters. The van der Waals surface area contributed by atoms with Crippen molar-refractivity contribution in [2.24, 2.45) is 0 Å². The molecule has 1 atom stereocenters. The van der Waals surface area contributed by atoms with E-state index in [2.05, 4.69) is 11.4 Å². The average Bonchev–Trinajstić information content (AvgIpc) is 2.59. The third-order valence-electron chi connectivity index (χ3n) is 4.05. The largest absolute Gasteiger partial charge is 0.491 e. The molecule has 1 N–H and O–H groups in total. The molecular formula is C18H28N2O4. The van der Waals surface area contributed by atoms with Crippen LogP contribution < -0.4 is 10.1 Å². The first-order valence-electron chi connectivity index (χ1n) is 8.43. The fourth-order valence-corrected chi connectivity index (χ4v) is 2.62. The Morgan fingerprint density at radius 1 is 1.38 bits per heavy atom. The van der Waals surface area contributed by atoms with E-state index in [4.69, 9.17) is 14.2 Å². The van der Waals surface area contributed by atoms with Crippen LogP contribution in [-0.4, -0.2) is 63.6 Å². The van der Waals surface area contributed by atoms with E-state index in [-0.39, 0.29) is 12.1 Å². The Morgan fingerprint density at radius 2 is 2.21 bits per heavy atom. The van der Waals surface area contributed by atoms with E-state index < -0.39 is 0 Å². The molecule has 1 aromatic carbocycles. The number of hydrogen-bond acceptors (Lipinski definition) is 4. The van der Waals surface area contributed by atoms with Crippen LogP contribution >= 0.6 is 0 Å². The monoisotopic (exact) mass is 336 g/mol. The van der Waals surface area contributed by atoms with Gasteiger partial charge in [-0.3, -0.25) is 0 Å². The number of urea groups is 1. The van der Waals surface area contributed by atoms with Crippen LogP contribution in [0.25, 0.3) is 0 Å². The number of methoxy groups -OCH3 is 1. The zero-order valence-corrected chi connectivity index (χ0v) is 14.8. The second-order valence-electron chi connectivity index (χ2n) is 6.07. The number of amides is 2. The zero-order valence-electron chi connectivity index (χ0n) is 14.8. The normalized spacial score (nSPS) is 17.6. The molecular weight excluding hydrogens is 308 g/mol. The first-order valence-corrected chi connectivity index (χ1v) is 8.43. The minimum absolute atomic E-state index is 0.0515. The van der Waals surface area contributed by atoms with E-state index in [1.165, 1.54) is 0 Å². The number of carbonyl (C=O) groups is 1. The van der Waals surface area contributed by atoms with Crippen LogP contribution in [0.5, 0.6) is 5.75 Å². The van der Waals surface area contributed by atoms with Crippen LogP contribution in [0.2, 0.25) is 0 Å². The summed E-state index contributed by atoms with van der Waals surface area (Å²) >= 11 is 0. The summed E-state index contributed by atoms with van der Waals surface area (Å²) in [6.07, 6.45) is 0.853. The molecule has 0 saturated carbocycles. The van der Waals surface area contributed by atoms with Crippen molar-refractivity contribution in [2.75, 3.05) is 46.6 Å². The van der Waals surface area contributed by atoms with Gasteiger partial charge in [0.1, 0.15) is 12.4 Å². The Hall–Kier alpha value is -1.79. The summed E-state index contributed by atoms with van der Waals surface area (Å²) in [6.45, 7) is 7.42. The third-order valence-corrected chi connectivity index (χ3v) is 4.05. The maximum absolute atomic E-state index is 12.2. The SMILES string of the molecule is COCCC1CN(C(=O)NCCOc2cc(C)ccc2C)CCO1.